The first-order chi connectivity index (χ1) is 3.52. The maximum Gasteiger partial charge on any atom is 0.399 e. The molecular formula is C4H3F3O. The summed E-state index contributed by atoms with van der Waals surface area (Å²) in [7, 11) is 0. The Morgan fingerprint density at radius 1 is 1.50 bits per heavy atom. The van der Waals surface area contributed by atoms with E-state index in [1.165, 1.54) is 0 Å². The second-order valence-corrected chi connectivity index (χ2v) is 1.76. The Morgan fingerprint density at radius 3 is 1.88 bits per heavy atom. The van der Waals surface area contributed by atoms with Gasteiger partial charge < -0.3 is 0 Å². The molecule has 0 aliphatic heterocycles. The summed E-state index contributed by atoms with van der Waals surface area (Å²) in [5.74, 6) is -2.31. The van der Waals surface area contributed by atoms with E-state index in [0.717, 1.165) is 0 Å². The number of alkyl halides is 3. The molecule has 0 amide bonds. The first-order valence-electron chi connectivity index (χ1n) is 2.11. The first-order valence-corrected chi connectivity index (χ1v) is 2.11. The lowest BCUT2D eigenvalue weighted by atomic mass is 10.4. The van der Waals surface area contributed by atoms with Crippen LogP contribution in [0.1, 0.15) is 6.42 Å². The zero-order valence-electron chi connectivity index (χ0n) is 3.83. The van der Waals surface area contributed by atoms with Gasteiger partial charge in [-0.15, -0.1) is 0 Å². The molecule has 1 aliphatic carbocycles. The van der Waals surface area contributed by atoms with Crippen molar-refractivity contribution in [2.75, 3.05) is 0 Å². The molecule has 1 fully saturated rings. The molecule has 8 heavy (non-hydrogen) atoms. The third kappa shape index (κ3) is 0.827. The second kappa shape index (κ2) is 1.24. The van der Waals surface area contributed by atoms with Gasteiger partial charge in [-0.3, -0.25) is 4.79 Å². The molecule has 0 saturated heterocycles. The number of carbonyl (C=O) groups is 1. The molecule has 1 aliphatic rings. The summed E-state index contributed by atoms with van der Waals surface area (Å²) in [6, 6.07) is 0. The second-order valence-electron chi connectivity index (χ2n) is 1.76. The summed E-state index contributed by atoms with van der Waals surface area (Å²) >= 11 is 0. The molecule has 0 spiro atoms. The Labute approximate surface area is 43.5 Å². The molecule has 1 unspecified atom stereocenters. The topological polar surface area (TPSA) is 17.1 Å². The maximum absolute atomic E-state index is 11.3. The highest BCUT2D eigenvalue weighted by Gasteiger charge is 2.55. The number of rotatable bonds is 0. The zero-order chi connectivity index (χ0) is 6.36. The fourth-order valence-corrected chi connectivity index (χ4v) is 0.441. The number of carbonyl (C=O) groups excluding carboxylic acids is 1. The van der Waals surface area contributed by atoms with E-state index in [1.807, 2.05) is 0 Å². The quantitative estimate of drug-likeness (QED) is 0.473. The van der Waals surface area contributed by atoms with Crippen LogP contribution in [0.3, 0.4) is 0 Å². The standard InChI is InChI=1S/C4H3F3O/c5-4(6,7)2-1-3(2)8/h2H,1H2. The van der Waals surface area contributed by atoms with E-state index >= 15 is 0 Å². The Hall–Kier alpha value is -0.540. The van der Waals surface area contributed by atoms with Crippen LogP contribution in [0.2, 0.25) is 0 Å². The minimum absolute atomic E-state index is 0.302. The van der Waals surface area contributed by atoms with Crippen LogP contribution in [0.15, 0.2) is 0 Å². The largest absolute Gasteiger partial charge is 0.399 e. The molecule has 46 valence electrons. The molecular weight excluding hydrogens is 121 g/mol. The number of hydrogen-bond acceptors (Lipinski definition) is 1. The molecule has 0 aromatic heterocycles. The van der Waals surface area contributed by atoms with Crippen molar-refractivity contribution in [2.45, 2.75) is 12.6 Å². The summed E-state index contributed by atoms with van der Waals surface area (Å²) < 4.78 is 33.8. The third-order valence-corrected chi connectivity index (χ3v) is 1.03. The van der Waals surface area contributed by atoms with Crippen LogP contribution in [0.4, 0.5) is 13.2 Å². The lowest BCUT2D eigenvalue weighted by Gasteiger charge is -1.97. The van der Waals surface area contributed by atoms with E-state index in [1.54, 1.807) is 0 Å². The van der Waals surface area contributed by atoms with Gasteiger partial charge >= 0.3 is 6.18 Å². The number of halogens is 3. The molecule has 1 atom stereocenters. The van der Waals surface area contributed by atoms with Gasteiger partial charge in [0.2, 0.25) is 0 Å². The van der Waals surface area contributed by atoms with Gasteiger partial charge in [-0.2, -0.15) is 13.2 Å². The van der Waals surface area contributed by atoms with Crippen molar-refractivity contribution in [2.24, 2.45) is 5.92 Å². The van der Waals surface area contributed by atoms with Crippen molar-refractivity contribution < 1.29 is 18.0 Å². The van der Waals surface area contributed by atoms with Crippen molar-refractivity contribution in [3.8, 4) is 0 Å². The van der Waals surface area contributed by atoms with Gasteiger partial charge in [-0.25, -0.2) is 0 Å². The van der Waals surface area contributed by atoms with E-state index in [9.17, 15) is 18.0 Å². The summed E-state index contributed by atoms with van der Waals surface area (Å²) in [5.41, 5.74) is 0. The van der Waals surface area contributed by atoms with Crippen LogP contribution in [-0.2, 0) is 4.79 Å². The van der Waals surface area contributed by atoms with Crippen LogP contribution >= 0.6 is 0 Å². The Bertz CT molecular complexity index is 126. The van der Waals surface area contributed by atoms with Crippen LogP contribution in [-0.4, -0.2) is 12.0 Å². The summed E-state index contributed by atoms with van der Waals surface area (Å²) in [6.07, 6.45) is -4.57. The molecule has 1 nitrogen and oxygen atoms in total. The molecule has 0 heterocycles. The lowest BCUT2D eigenvalue weighted by molar-refractivity contribution is -0.153. The lowest BCUT2D eigenvalue weighted by Crippen LogP contribution is -2.11. The monoisotopic (exact) mass is 124 g/mol. The van der Waals surface area contributed by atoms with Gasteiger partial charge in [0.05, 0.1) is 0 Å². The Morgan fingerprint density at radius 2 is 1.88 bits per heavy atom. The molecule has 0 aromatic carbocycles. The number of Topliss-reactive ketones (excluding diaryl/α,β-unsaturated/α-hetero) is 1. The normalized spacial score (nSPS) is 28.4. The molecule has 4 heteroatoms. The number of hydrogen-bond donors (Lipinski definition) is 0. The average molecular weight is 124 g/mol. The SMILES string of the molecule is O=C1CC1C(F)(F)F. The Balaban J connectivity index is 2.51. The molecule has 1 rings (SSSR count). The van der Waals surface area contributed by atoms with Crippen LogP contribution in [0, 0.1) is 5.92 Å². The summed E-state index contributed by atoms with van der Waals surface area (Å²) in [6.45, 7) is 0. The minimum atomic E-state index is -4.27. The molecule has 0 N–H and O–H groups in total. The highest BCUT2D eigenvalue weighted by molar-refractivity contribution is 5.96. The van der Waals surface area contributed by atoms with E-state index in [2.05, 4.69) is 0 Å². The van der Waals surface area contributed by atoms with Gasteiger partial charge in [0.25, 0.3) is 0 Å². The zero-order valence-corrected chi connectivity index (χ0v) is 3.83. The van der Waals surface area contributed by atoms with Gasteiger partial charge in [-0.1, -0.05) is 0 Å². The van der Waals surface area contributed by atoms with Gasteiger partial charge in [-0.05, 0) is 0 Å². The predicted octanol–water partition coefficient (Wildman–Crippen LogP) is 1.14. The van der Waals surface area contributed by atoms with E-state index in [-0.39, 0.29) is 6.42 Å². The maximum atomic E-state index is 11.3. The van der Waals surface area contributed by atoms with Crippen molar-refractivity contribution in [3.05, 3.63) is 0 Å². The van der Waals surface area contributed by atoms with Crippen LogP contribution < -0.4 is 0 Å². The predicted molar refractivity (Wildman–Crippen MR) is 19.2 cm³/mol. The number of ketones is 1. The highest BCUT2D eigenvalue weighted by atomic mass is 19.4. The fourth-order valence-electron chi connectivity index (χ4n) is 0.441. The summed E-state index contributed by atoms with van der Waals surface area (Å²) in [5, 5.41) is 0. The van der Waals surface area contributed by atoms with E-state index in [4.69, 9.17) is 0 Å². The molecule has 0 bridgehead atoms. The third-order valence-electron chi connectivity index (χ3n) is 1.03. The molecule has 0 radical (unpaired) electrons. The van der Waals surface area contributed by atoms with Gasteiger partial charge in [0, 0.05) is 6.42 Å². The molecule has 1 saturated carbocycles. The smallest absolute Gasteiger partial charge is 0.299 e. The first kappa shape index (κ1) is 5.59. The summed E-state index contributed by atoms with van der Waals surface area (Å²) in [4.78, 5) is 9.81. The van der Waals surface area contributed by atoms with Crippen molar-refractivity contribution in [3.63, 3.8) is 0 Å². The van der Waals surface area contributed by atoms with Crippen LogP contribution in [0.25, 0.3) is 0 Å². The van der Waals surface area contributed by atoms with Crippen molar-refractivity contribution in [1.82, 2.24) is 0 Å². The van der Waals surface area contributed by atoms with Crippen LogP contribution in [0.5, 0.6) is 0 Å². The van der Waals surface area contributed by atoms with Gasteiger partial charge in [0.15, 0.2) is 0 Å². The van der Waals surface area contributed by atoms with Gasteiger partial charge in [0.1, 0.15) is 11.7 Å². The Kier molecular flexibility index (Phi) is 0.867. The van der Waals surface area contributed by atoms with E-state index < -0.39 is 17.9 Å². The van der Waals surface area contributed by atoms with E-state index in [0.29, 0.717) is 0 Å². The highest BCUT2D eigenvalue weighted by Crippen LogP contribution is 2.40. The average Bonchev–Trinajstić information content (AvgIpc) is 2.13. The van der Waals surface area contributed by atoms with Crippen molar-refractivity contribution >= 4 is 5.78 Å². The fraction of sp³-hybridized carbons (Fsp3) is 0.750. The minimum Gasteiger partial charge on any atom is -0.299 e. The molecule has 0 aromatic rings. The van der Waals surface area contributed by atoms with Crippen molar-refractivity contribution in [1.29, 1.82) is 0 Å².